The van der Waals surface area contributed by atoms with E-state index in [1.807, 2.05) is 0 Å². The Balaban J connectivity index is 1.47. The molecule has 1 nitrogen and oxygen atoms in total. The van der Waals surface area contributed by atoms with Crippen molar-refractivity contribution in [3.8, 4) is 0 Å². The van der Waals surface area contributed by atoms with Crippen LogP contribution < -0.4 is 0 Å². The molecule has 5 aromatic rings. The lowest BCUT2D eigenvalue weighted by molar-refractivity contribution is 0.673. The highest BCUT2D eigenvalue weighted by atomic mass is 14.9. The molecule has 0 saturated carbocycles. The molecule has 0 bridgehead atoms. The van der Waals surface area contributed by atoms with Crippen LogP contribution in [0.1, 0.15) is 17.0 Å². The van der Waals surface area contributed by atoms with Crippen LogP contribution >= 0.6 is 0 Å². The zero-order valence-corrected chi connectivity index (χ0v) is 16.4. The third-order valence-corrected chi connectivity index (χ3v) is 5.74. The van der Waals surface area contributed by atoms with E-state index in [0.29, 0.717) is 5.92 Å². The molecule has 1 atom stereocenters. The highest BCUT2D eigenvalue weighted by molar-refractivity contribution is 5.84. The van der Waals surface area contributed by atoms with Crippen LogP contribution in [0, 0.1) is 6.42 Å². The zero-order valence-electron chi connectivity index (χ0n) is 16.4. The van der Waals surface area contributed by atoms with Crippen LogP contribution in [-0.4, -0.2) is 4.57 Å². The normalized spacial score (nSPS) is 12.4. The van der Waals surface area contributed by atoms with E-state index in [4.69, 9.17) is 0 Å². The highest BCUT2D eigenvalue weighted by Crippen LogP contribution is 2.29. The Hall–Kier alpha value is -3.32. The molecular formula is C28H24N. The summed E-state index contributed by atoms with van der Waals surface area (Å²) in [5.74, 6) is 0.364. The van der Waals surface area contributed by atoms with Crippen molar-refractivity contribution in [2.75, 3.05) is 0 Å². The number of rotatable bonds is 6. The van der Waals surface area contributed by atoms with Gasteiger partial charge in [-0.15, -0.1) is 0 Å². The van der Waals surface area contributed by atoms with Gasteiger partial charge in [-0.25, -0.2) is 0 Å². The molecule has 0 saturated heterocycles. The first-order valence-electron chi connectivity index (χ1n) is 10.3. The maximum Gasteiger partial charge on any atom is 0.0257 e. The minimum Gasteiger partial charge on any atom is -0.354 e. The Bertz CT molecular complexity index is 1230. The van der Waals surface area contributed by atoms with Crippen molar-refractivity contribution >= 4 is 21.5 Å². The molecular weight excluding hydrogens is 350 g/mol. The fraction of sp³-hybridized carbons (Fsp3) is 0.107. The van der Waals surface area contributed by atoms with Crippen LogP contribution in [-0.2, 0) is 13.0 Å². The summed E-state index contributed by atoms with van der Waals surface area (Å²) in [7, 11) is 0. The molecule has 1 heteroatoms. The number of nitrogens with zero attached hydrogens (tertiary/aromatic N) is 1. The summed E-state index contributed by atoms with van der Waals surface area (Å²) in [6, 6.07) is 35.1. The lowest BCUT2D eigenvalue weighted by Crippen LogP contribution is -2.08. The maximum absolute atomic E-state index is 2.44. The van der Waals surface area contributed by atoms with Crippen molar-refractivity contribution in [2.45, 2.75) is 18.9 Å². The second-order valence-corrected chi connectivity index (χ2v) is 7.71. The smallest absolute Gasteiger partial charge is 0.0257 e. The molecule has 0 N–H and O–H groups in total. The quantitative estimate of drug-likeness (QED) is 0.301. The Kier molecular flexibility index (Phi) is 4.88. The van der Waals surface area contributed by atoms with Crippen molar-refractivity contribution in [3.63, 3.8) is 0 Å². The van der Waals surface area contributed by atoms with Crippen molar-refractivity contribution in [3.05, 3.63) is 127 Å². The van der Waals surface area contributed by atoms with Crippen LogP contribution in [0.15, 0.2) is 109 Å². The predicted molar refractivity (Wildman–Crippen MR) is 123 cm³/mol. The van der Waals surface area contributed by atoms with E-state index in [0.717, 1.165) is 13.0 Å². The molecule has 5 rings (SSSR count). The number of hydrogen-bond acceptors (Lipinski definition) is 0. The van der Waals surface area contributed by atoms with Gasteiger partial charge in [0.25, 0.3) is 0 Å². The molecule has 4 aromatic carbocycles. The van der Waals surface area contributed by atoms with E-state index in [1.165, 1.54) is 32.7 Å². The van der Waals surface area contributed by atoms with Gasteiger partial charge in [-0.2, -0.15) is 0 Å². The van der Waals surface area contributed by atoms with Gasteiger partial charge in [0.05, 0.1) is 0 Å². The first-order chi connectivity index (χ1) is 14.3. The highest BCUT2D eigenvalue weighted by Gasteiger charge is 2.14. The molecule has 0 aliphatic heterocycles. The molecule has 0 fully saturated rings. The number of aromatic nitrogens is 1. The van der Waals surface area contributed by atoms with Gasteiger partial charge < -0.3 is 4.57 Å². The average Bonchev–Trinajstić information content (AvgIpc) is 3.30. The molecule has 0 amide bonds. The SMILES string of the molecule is [CH](Cn1cccc1)C(Cc1ccc2ccccc2c1)c1ccc2ccccc2c1. The summed E-state index contributed by atoms with van der Waals surface area (Å²) in [5, 5.41) is 5.22. The summed E-state index contributed by atoms with van der Waals surface area (Å²) in [5.41, 5.74) is 2.76. The van der Waals surface area contributed by atoms with E-state index < -0.39 is 0 Å². The Morgan fingerprint density at radius 1 is 0.621 bits per heavy atom. The summed E-state index contributed by atoms with van der Waals surface area (Å²) in [6.07, 6.45) is 7.71. The third kappa shape index (κ3) is 3.95. The third-order valence-electron chi connectivity index (χ3n) is 5.74. The zero-order chi connectivity index (χ0) is 19.5. The maximum atomic E-state index is 2.44. The second kappa shape index (κ2) is 7.97. The number of benzene rings is 4. The van der Waals surface area contributed by atoms with Crippen LogP contribution in [0.4, 0.5) is 0 Å². The van der Waals surface area contributed by atoms with Crippen LogP contribution in [0.3, 0.4) is 0 Å². The molecule has 1 aromatic heterocycles. The van der Waals surface area contributed by atoms with Gasteiger partial charge in [0.1, 0.15) is 0 Å². The molecule has 1 heterocycles. The van der Waals surface area contributed by atoms with E-state index >= 15 is 0 Å². The Morgan fingerprint density at radius 3 is 1.97 bits per heavy atom. The molecule has 0 spiro atoms. The van der Waals surface area contributed by atoms with Gasteiger partial charge in [0.2, 0.25) is 0 Å². The van der Waals surface area contributed by atoms with E-state index in [-0.39, 0.29) is 0 Å². The van der Waals surface area contributed by atoms with Gasteiger partial charge in [-0.05, 0) is 63.6 Å². The van der Waals surface area contributed by atoms with E-state index in [9.17, 15) is 0 Å². The summed E-state index contributed by atoms with van der Waals surface area (Å²) in [6.45, 7) is 0.915. The Labute approximate surface area is 172 Å². The van der Waals surface area contributed by atoms with E-state index in [1.54, 1.807) is 0 Å². The van der Waals surface area contributed by atoms with Gasteiger partial charge in [-0.3, -0.25) is 0 Å². The second-order valence-electron chi connectivity index (χ2n) is 7.71. The monoisotopic (exact) mass is 374 g/mol. The molecule has 1 radical (unpaired) electrons. The van der Waals surface area contributed by atoms with Crippen molar-refractivity contribution in [1.29, 1.82) is 0 Å². The number of fused-ring (bicyclic) bond motifs is 2. The minimum absolute atomic E-state index is 0.364. The fourth-order valence-corrected chi connectivity index (χ4v) is 4.14. The van der Waals surface area contributed by atoms with Gasteiger partial charge in [-0.1, -0.05) is 84.9 Å². The number of hydrogen-bond donors (Lipinski definition) is 0. The molecule has 29 heavy (non-hydrogen) atoms. The van der Waals surface area contributed by atoms with Crippen LogP contribution in [0.25, 0.3) is 21.5 Å². The van der Waals surface area contributed by atoms with Crippen molar-refractivity contribution < 1.29 is 0 Å². The molecule has 0 aliphatic rings. The lowest BCUT2D eigenvalue weighted by Gasteiger charge is -2.19. The van der Waals surface area contributed by atoms with Gasteiger partial charge >= 0.3 is 0 Å². The standard InChI is InChI=1S/C28H24N/c1-3-9-25-19-22(11-12-23(25)7-1)20-28(15-18-29-16-5-6-17-29)27-14-13-24-8-2-4-10-26(24)21-27/h1-17,19,21,28H,18,20H2. The summed E-state index contributed by atoms with van der Waals surface area (Å²) < 4.78 is 2.23. The van der Waals surface area contributed by atoms with Gasteiger partial charge in [0, 0.05) is 18.9 Å². The predicted octanol–water partition coefficient (Wildman–Crippen LogP) is 7.03. The van der Waals surface area contributed by atoms with Gasteiger partial charge in [0.15, 0.2) is 0 Å². The van der Waals surface area contributed by atoms with Crippen molar-refractivity contribution in [2.24, 2.45) is 0 Å². The van der Waals surface area contributed by atoms with Crippen LogP contribution in [0.5, 0.6) is 0 Å². The van der Waals surface area contributed by atoms with Crippen LogP contribution in [0.2, 0.25) is 0 Å². The first kappa shape index (κ1) is 17.8. The van der Waals surface area contributed by atoms with E-state index in [2.05, 4.69) is 120 Å². The van der Waals surface area contributed by atoms with Crippen molar-refractivity contribution in [1.82, 2.24) is 4.57 Å². The fourth-order valence-electron chi connectivity index (χ4n) is 4.14. The molecule has 1 unspecified atom stereocenters. The largest absolute Gasteiger partial charge is 0.354 e. The minimum atomic E-state index is 0.364. The average molecular weight is 375 g/mol. The summed E-state index contributed by atoms with van der Waals surface area (Å²) in [4.78, 5) is 0. The molecule has 141 valence electrons. The summed E-state index contributed by atoms with van der Waals surface area (Å²) >= 11 is 0. The molecule has 0 aliphatic carbocycles. The first-order valence-corrected chi connectivity index (χ1v) is 10.3. The lowest BCUT2D eigenvalue weighted by atomic mass is 9.87. The topological polar surface area (TPSA) is 4.93 Å². The Morgan fingerprint density at radius 2 is 1.24 bits per heavy atom.